The molecule has 0 amide bonds. The number of hydrogen-bond donors (Lipinski definition) is 1. The van der Waals surface area contributed by atoms with Crippen LogP contribution in [0.5, 0.6) is 5.75 Å². The van der Waals surface area contributed by atoms with E-state index in [-0.39, 0.29) is 0 Å². The van der Waals surface area contributed by atoms with Crippen LogP contribution in [-0.4, -0.2) is 12.2 Å². The summed E-state index contributed by atoms with van der Waals surface area (Å²) < 4.78 is 6.98. The van der Waals surface area contributed by atoms with Gasteiger partial charge in [0.2, 0.25) is 0 Å². The molecular formula is C14H11Br2ClO2. The minimum Gasteiger partial charge on any atom is -0.496 e. The zero-order valence-electron chi connectivity index (χ0n) is 10.0. The smallest absolute Gasteiger partial charge is 0.125 e. The monoisotopic (exact) mass is 404 g/mol. The van der Waals surface area contributed by atoms with Gasteiger partial charge in [0, 0.05) is 19.5 Å². The Labute approximate surface area is 133 Å². The van der Waals surface area contributed by atoms with E-state index < -0.39 is 6.10 Å². The summed E-state index contributed by atoms with van der Waals surface area (Å²) in [6.45, 7) is 0. The number of rotatable bonds is 3. The number of halogens is 3. The third-order valence-electron chi connectivity index (χ3n) is 2.69. The molecule has 1 unspecified atom stereocenters. The summed E-state index contributed by atoms with van der Waals surface area (Å²) in [5.74, 6) is 0.631. The lowest BCUT2D eigenvalue weighted by molar-refractivity contribution is 0.214. The van der Waals surface area contributed by atoms with Gasteiger partial charge in [0.1, 0.15) is 11.9 Å². The molecule has 0 aromatic heterocycles. The summed E-state index contributed by atoms with van der Waals surface area (Å²) in [5.41, 5.74) is 1.39. The van der Waals surface area contributed by atoms with Crippen LogP contribution < -0.4 is 4.74 Å². The molecule has 0 saturated carbocycles. The second kappa shape index (κ2) is 6.27. The molecule has 0 fully saturated rings. The highest BCUT2D eigenvalue weighted by molar-refractivity contribution is 9.10. The van der Waals surface area contributed by atoms with Crippen LogP contribution in [0.4, 0.5) is 0 Å². The zero-order chi connectivity index (χ0) is 14.0. The van der Waals surface area contributed by atoms with Crippen LogP contribution in [0.1, 0.15) is 17.2 Å². The van der Waals surface area contributed by atoms with Crippen molar-refractivity contribution in [1.82, 2.24) is 0 Å². The van der Waals surface area contributed by atoms with Crippen molar-refractivity contribution in [2.45, 2.75) is 6.10 Å². The van der Waals surface area contributed by atoms with Crippen molar-refractivity contribution in [2.75, 3.05) is 7.11 Å². The molecule has 0 aliphatic heterocycles. The van der Waals surface area contributed by atoms with Crippen LogP contribution in [0.15, 0.2) is 45.3 Å². The standard InChI is InChI=1S/C14H11Br2ClO2/c1-19-13-3-2-9(15)7-12(13)14(18)8-4-10(16)6-11(17)5-8/h2-7,14,18H,1H3. The molecule has 2 aromatic carbocycles. The van der Waals surface area contributed by atoms with E-state index in [4.69, 9.17) is 16.3 Å². The van der Waals surface area contributed by atoms with E-state index in [1.807, 2.05) is 24.3 Å². The number of methoxy groups -OCH3 is 1. The SMILES string of the molecule is COc1ccc(Br)cc1C(O)c1cc(Cl)cc(Br)c1. The molecule has 0 aliphatic carbocycles. The quantitative estimate of drug-likeness (QED) is 0.781. The Kier molecular flexibility index (Phi) is 4.90. The second-order valence-electron chi connectivity index (χ2n) is 3.99. The van der Waals surface area contributed by atoms with Crippen LogP contribution in [0.25, 0.3) is 0 Å². The Bertz CT molecular complexity index is 582. The molecular weight excluding hydrogens is 395 g/mol. The molecule has 0 spiro atoms. The van der Waals surface area contributed by atoms with Crippen LogP contribution in [0, 0.1) is 0 Å². The number of ether oxygens (including phenoxy) is 1. The third kappa shape index (κ3) is 3.51. The van der Waals surface area contributed by atoms with Gasteiger partial charge in [-0.3, -0.25) is 0 Å². The fraction of sp³-hybridized carbons (Fsp3) is 0.143. The van der Waals surface area contributed by atoms with E-state index in [9.17, 15) is 5.11 Å². The summed E-state index contributed by atoms with van der Waals surface area (Å²) in [7, 11) is 1.58. The topological polar surface area (TPSA) is 29.5 Å². The lowest BCUT2D eigenvalue weighted by Gasteiger charge is -2.16. The lowest BCUT2D eigenvalue weighted by Crippen LogP contribution is -2.02. The van der Waals surface area contributed by atoms with Crippen molar-refractivity contribution in [1.29, 1.82) is 0 Å². The molecule has 1 atom stereocenters. The minimum absolute atomic E-state index is 0.567. The van der Waals surface area contributed by atoms with Gasteiger partial charge in [-0.15, -0.1) is 0 Å². The van der Waals surface area contributed by atoms with Gasteiger partial charge >= 0.3 is 0 Å². The Balaban J connectivity index is 2.48. The molecule has 19 heavy (non-hydrogen) atoms. The van der Waals surface area contributed by atoms with E-state index in [1.165, 1.54) is 0 Å². The van der Waals surface area contributed by atoms with E-state index in [0.29, 0.717) is 21.9 Å². The Morgan fingerprint density at radius 3 is 2.47 bits per heavy atom. The molecule has 100 valence electrons. The first-order valence-electron chi connectivity index (χ1n) is 5.48. The zero-order valence-corrected chi connectivity index (χ0v) is 14.0. The van der Waals surface area contributed by atoms with Gasteiger partial charge in [0.15, 0.2) is 0 Å². The van der Waals surface area contributed by atoms with Crippen LogP contribution in [0.3, 0.4) is 0 Å². The maximum absolute atomic E-state index is 10.5. The summed E-state index contributed by atoms with van der Waals surface area (Å²) in [4.78, 5) is 0. The first kappa shape index (κ1) is 14.9. The molecule has 1 N–H and O–H groups in total. The molecule has 2 rings (SSSR count). The maximum Gasteiger partial charge on any atom is 0.125 e. The van der Waals surface area contributed by atoms with Gasteiger partial charge in [0.25, 0.3) is 0 Å². The van der Waals surface area contributed by atoms with Gasteiger partial charge < -0.3 is 9.84 Å². The first-order valence-corrected chi connectivity index (χ1v) is 7.45. The molecule has 2 nitrogen and oxygen atoms in total. The van der Waals surface area contributed by atoms with Gasteiger partial charge in [-0.25, -0.2) is 0 Å². The number of benzene rings is 2. The van der Waals surface area contributed by atoms with Crippen molar-refractivity contribution < 1.29 is 9.84 Å². The summed E-state index contributed by atoms with van der Waals surface area (Å²) in [5, 5.41) is 11.1. The fourth-order valence-electron chi connectivity index (χ4n) is 1.83. The molecule has 0 radical (unpaired) electrons. The normalized spacial score (nSPS) is 12.3. The maximum atomic E-state index is 10.5. The molecule has 5 heteroatoms. The molecule has 0 saturated heterocycles. The van der Waals surface area contributed by atoms with Crippen molar-refractivity contribution in [3.05, 3.63) is 61.5 Å². The number of aliphatic hydroxyl groups excluding tert-OH is 1. The van der Waals surface area contributed by atoms with Gasteiger partial charge in [-0.2, -0.15) is 0 Å². The highest BCUT2D eigenvalue weighted by Crippen LogP contribution is 2.34. The highest BCUT2D eigenvalue weighted by Gasteiger charge is 2.17. The van der Waals surface area contributed by atoms with Gasteiger partial charge in [0.05, 0.1) is 7.11 Å². The Hall–Kier alpha value is -0.550. The van der Waals surface area contributed by atoms with E-state index >= 15 is 0 Å². The van der Waals surface area contributed by atoms with Crippen molar-refractivity contribution in [3.63, 3.8) is 0 Å². The van der Waals surface area contributed by atoms with Crippen LogP contribution in [0.2, 0.25) is 5.02 Å². The van der Waals surface area contributed by atoms with Gasteiger partial charge in [-0.1, -0.05) is 43.5 Å². The Morgan fingerprint density at radius 1 is 1.11 bits per heavy atom. The summed E-state index contributed by atoms with van der Waals surface area (Å²) >= 11 is 12.8. The predicted octanol–water partition coefficient (Wildman–Crippen LogP) is 4.96. The molecule has 0 aliphatic rings. The third-order valence-corrected chi connectivity index (χ3v) is 3.86. The second-order valence-corrected chi connectivity index (χ2v) is 6.26. The lowest BCUT2D eigenvalue weighted by atomic mass is 10.0. The first-order chi connectivity index (χ1) is 9.01. The van der Waals surface area contributed by atoms with E-state index in [0.717, 1.165) is 8.95 Å². The fourth-order valence-corrected chi connectivity index (χ4v) is 3.10. The van der Waals surface area contributed by atoms with Crippen molar-refractivity contribution >= 4 is 43.5 Å². The Morgan fingerprint density at radius 2 is 1.84 bits per heavy atom. The van der Waals surface area contributed by atoms with Crippen molar-refractivity contribution in [2.24, 2.45) is 0 Å². The molecule has 0 bridgehead atoms. The van der Waals surface area contributed by atoms with E-state index in [1.54, 1.807) is 19.2 Å². The number of hydrogen-bond acceptors (Lipinski definition) is 2. The molecule has 2 aromatic rings. The van der Waals surface area contributed by atoms with Crippen LogP contribution in [-0.2, 0) is 0 Å². The average Bonchev–Trinajstić information content (AvgIpc) is 2.36. The van der Waals surface area contributed by atoms with E-state index in [2.05, 4.69) is 31.9 Å². The summed E-state index contributed by atoms with van der Waals surface area (Å²) in [6, 6.07) is 10.8. The summed E-state index contributed by atoms with van der Waals surface area (Å²) in [6.07, 6.45) is -0.803. The number of aliphatic hydroxyl groups is 1. The minimum atomic E-state index is -0.803. The molecule has 0 heterocycles. The highest BCUT2D eigenvalue weighted by atomic mass is 79.9. The predicted molar refractivity (Wildman–Crippen MR) is 83.9 cm³/mol. The average molecular weight is 407 g/mol. The largest absolute Gasteiger partial charge is 0.496 e. The van der Waals surface area contributed by atoms with Gasteiger partial charge in [-0.05, 0) is 42.0 Å². The van der Waals surface area contributed by atoms with Crippen LogP contribution >= 0.6 is 43.5 Å². The van der Waals surface area contributed by atoms with Crippen molar-refractivity contribution in [3.8, 4) is 5.75 Å².